The third-order valence-electron chi connectivity index (χ3n) is 7.24. The lowest BCUT2D eigenvalue weighted by molar-refractivity contribution is -0.157. The Morgan fingerprint density at radius 2 is 1.57 bits per heavy atom. The Morgan fingerprint density at radius 3 is 2.30 bits per heavy atom. The second-order valence-corrected chi connectivity index (χ2v) is 10.4. The summed E-state index contributed by atoms with van der Waals surface area (Å²) in [5.41, 5.74) is 5.14. The van der Waals surface area contributed by atoms with Gasteiger partial charge in [-0.2, -0.15) is 5.10 Å². The van der Waals surface area contributed by atoms with Crippen molar-refractivity contribution in [2.75, 3.05) is 19.8 Å². The van der Waals surface area contributed by atoms with Crippen molar-refractivity contribution in [2.24, 2.45) is 0 Å². The van der Waals surface area contributed by atoms with Crippen LogP contribution in [0, 0.1) is 0 Å². The van der Waals surface area contributed by atoms with Gasteiger partial charge in [0, 0.05) is 29.5 Å². The van der Waals surface area contributed by atoms with Crippen molar-refractivity contribution in [1.29, 1.82) is 0 Å². The summed E-state index contributed by atoms with van der Waals surface area (Å²) in [4.78, 5) is 24.9. The van der Waals surface area contributed by atoms with E-state index in [0.29, 0.717) is 42.0 Å². The average Bonchev–Trinajstić information content (AvgIpc) is 3.47. The number of carbonyl (C=O) groups is 2. The number of aryl methyl sites for hydroxylation is 1. The lowest BCUT2D eigenvalue weighted by atomic mass is 9.97. The van der Waals surface area contributed by atoms with E-state index in [1.807, 2.05) is 66.7 Å². The first kappa shape index (κ1) is 30.5. The Bertz CT molecular complexity index is 1710. The Labute approximate surface area is 256 Å². The van der Waals surface area contributed by atoms with Crippen LogP contribution in [0.3, 0.4) is 0 Å². The third kappa shape index (κ3) is 7.15. The number of carboxylic acids is 1. The number of nitrogens with zero attached hydrogens (tertiary/aromatic N) is 2. The molecule has 1 unspecified atom stereocenters. The zero-order valence-corrected chi connectivity index (χ0v) is 24.9. The van der Waals surface area contributed by atoms with Gasteiger partial charge in [0.1, 0.15) is 11.5 Å². The van der Waals surface area contributed by atoms with E-state index in [-0.39, 0.29) is 12.4 Å². The van der Waals surface area contributed by atoms with E-state index in [0.717, 1.165) is 40.7 Å². The van der Waals surface area contributed by atoms with Gasteiger partial charge in [-0.25, -0.2) is 9.48 Å². The lowest BCUT2D eigenvalue weighted by Crippen LogP contribution is -2.23. The van der Waals surface area contributed by atoms with Crippen molar-refractivity contribution in [3.8, 4) is 22.6 Å². The summed E-state index contributed by atoms with van der Waals surface area (Å²) >= 11 is 0. The third-order valence-corrected chi connectivity index (χ3v) is 7.24. The van der Waals surface area contributed by atoms with Gasteiger partial charge in [-0.1, -0.05) is 67.9 Å². The van der Waals surface area contributed by atoms with Crippen molar-refractivity contribution in [3.63, 3.8) is 0 Å². The van der Waals surface area contributed by atoms with Crippen LogP contribution in [-0.2, 0) is 16.0 Å². The maximum atomic E-state index is 13.3. The van der Waals surface area contributed by atoms with E-state index in [1.165, 1.54) is 4.68 Å². The van der Waals surface area contributed by atoms with Crippen molar-refractivity contribution >= 4 is 22.7 Å². The summed E-state index contributed by atoms with van der Waals surface area (Å²) in [7, 11) is 0. The summed E-state index contributed by atoms with van der Waals surface area (Å²) in [6.07, 6.45) is 2.81. The van der Waals surface area contributed by atoms with Gasteiger partial charge in [0.15, 0.2) is 5.78 Å². The summed E-state index contributed by atoms with van der Waals surface area (Å²) in [6.45, 7) is 5.00. The molecule has 0 aliphatic carbocycles. The Balaban J connectivity index is 1.16. The monoisotopic (exact) mass is 592 g/mol. The van der Waals surface area contributed by atoms with Crippen LogP contribution in [-0.4, -0.2) is 46.5 Å². The van der Waals surface area contributed by atoms with Gasteiger partial charge in [-0.05, 0) is 66.4 Å². The first-order valence-electron chi connectivity index (χ1n) is 14.9. The quantitative estimate of drug-likeness (QED) is 0.100. The lowest BCUT2D eigenvalue weighted by Gasteiger charge is -2.14. The molecule has 5 rings (SSSR count). The highest BCUT2D eigenvalue weighted by molar-refractivity contribution is 6.09. The minimum atomic E-state index is -1.18. The van der Waals surface area contributed by atoms with E-state index in [2.05, 4.69) is 24.2 Å². The molecule has 44 heavy (non-hydrogen) atoms. The van der Waals surface area contributed by atoms with Gasteiger partial charge in [-0.3, -0.25) is 4.79 Å². The highest BCUT2D eigenvalue weighted by Crippen LogP contribution is 2.26. The molecule has 4 aromatic carbocycles. The second-order valence-electron chi connectivity index (χ2n) is 10.4. The number of fused-ring (bicyclic) bond motifs is 1. The topological polar surface area (TPSA) is 99.9 Å². The summed E-state index contributed by atoms with van der Waals surface area (Å²) in [5.74, 6) is 0.320. The summed E-state index contributed by atoms with van der Waals surface area (Å²) in [6, 6.07) is 28.9. The van der Waals surface area contributed by atoms with Crippen molar-refractivity contribution < 1.29 is 28.9 Å². The van der Waals surface area contributed by atoms with Crippen LogP contribution in [0.15, 0.2) is 97.2 Å². The number of aromatic nitrogens is 2. The minimum absolute atomic E-state index is 0.0132. The van der Waals surface area contributed by atoms with Gasteiger partial charge in [0.2, 0.25) is 6.23 Å². The standard InChI is InChI=1S/C36H36N2O6/c1-3-9-28-22-29(34(39)27-14-12-26(13-15-27)25-10-6-5-7-11-25)16-19-33(28)44-21-8-20-43-31-17-18-32-30(23-31)24-37-38(32)35(36(40)41)42-4-2/h5-7,10-19,22-24,35H,3-4,8-9,20-21H2,1-2H3,(H,40,41). The fourth-order valence-corrected chi connectivity index (χ4v) is 5.08. The van der Waals surface area contributed by atoms with Gasteiger partial charge >= 0.3 is 5.97 Å². The number of hydrogen-bond donors (Lipinski definition) is 1. The number of carbonyl (C=O) groups excluding carboxylic acids is 1. The van der Waals surface area contributed by atoms with Crippen LogP contribution in [0.1, 0.15) is 54.4 Å². The number of ether oxygens (including phenoxy) is 3. The maximum absolute atomic E-state index is 13.3. The minimum Gasteiger partial charge on any atom is -0.493 e. The molecular weight excluding hydrogens is 556 g/mol. The predicted octanol–water partition coefficient (Wildman–Crippen LogP) is 7.35. The molecule has 0 spiro atoms. The molecule has 1 heterocycles. The smallest absolute Gasteiger partial charge is 0.356 e. The highest BCUT2D eigenvalue weighted by Gasteiger charge is 2.22. The Hall–Kier alpha value is -4.95. The highest BCUT2D eigenvalue weighted by atomic mass is 16.5. The number of aliphatic carboxylic acids is 1. The number of hydrogen-bond acceptors (Lipinski definition) is 6. The zero-order valence-electron chi connectivity index (χ0n) is 24.9. The molecule has 226 valence electrons. The fraction of sp³-hybridized carbons (Fsp3) is 0.250. The van der Waals surface area contributed by atoms with E-state index in [4.69, 9.17) is 14.2 Å². The number of carboxylic acid groups (broad SMARTS) is 1. The van der Waals surface area contributed by atoms with E-state index < -0.39 is 12.2 Å². The van der Waals surface area contributed by atoms with Gasteiger partial charge < -0.3 is 19.3 Å². The number of ketones is 1. The largest absolute Gasteiger partial charge is 0.493 e. The van der Waals surface area contributed by atoms with Crippen LogP contribution < -0.4 is 9.47 Å². The Kier molecular flexibility index (Phi) is 10.0. The van der Waals surface area contributed by atoms with Crippen LogP contribution in [0.5, 0.6) is 11.5 Å². The second kappa shape index (κ2) is 14.5. The van der Waals surface area contributed by atoms with Crippen LogP contribution >= 0.6 is 0 Å². The molecule has 0 bridgehead atoms. The van der Waals surface area contributed by atoms with Gasteiger partial charge in [0.05, 0.1) is 24.9 Å². The number of benzene rings is 4. The van der Waals surface area contributed by atoms with Crippen LogP contribution in [0.2, 0.25) is 0 Å². The van der Waals surface area contributed by atoms with E-state index >= 15 is 0 Å². The molecule has 0 radical (unpaired) electrons. The SMILES string of the molecule is CCCc1cc(C(=O)c2ccc(-c3ccccc3)cc2)ccc1OCCCOc1ccc2c(cnn2C(OCC)C(=O)O)c1. The van der Waals surface area contributed by atoms with E-state index in [9.17, 15) is 14.7 Å². The maximum Gasteiger partial charge on any atom is 0.356 e. The molecule has 0 amide bonds. The zero-order chi connectivity index (χ0) is 30.9. The molecule has 1 aromatic heterocycles. The molecular formula is C36H36N2O6. The summed E-state index contributed by atoms with van der Waals surface area (Å²) < 4.78 is 18.7. The van der Waals surface area contributed by atoms with Crippen molar-refractivity contribution in [3.05, 3.63) is 114 Å². The number of rotatable bonds is 15. The molecule has 5 aromatic rings. The Morgan fingerprint density at radius 1 is 0.841 bits per heavy atom. The molecule has 0 saturated carbocycles. The fourth-order valence-electron chi connectivity index (χ4n) is 5.08. The molecule has 0 saturated heterocycles. The van der Waals surface area contributed by atoms with Crippen LogP contribution in [0.4, 0.5) is 0 Å². The molecule has 0 fully saturated rings. The van der Waals surface area contributed by atoms with Gasteiger partial charge in [0.25, 0.3) is 0 Å². The first-order chi connectivity index (χ1) is 21.5. The molecule has 8 heteroatoms. The molecule has 8 nitrogen and oxygen atoms in total. The van der Waals surface area contributed by atoms with Crippen molar-refractivity contribution in [2.45, 2.75) is 39.3 Å². The molecule has 0 aliphatic rings. The molecule has 0 aliphatic heterocycles. The molecule has 1 atom stereocenters. The molecule has 1 N–H and O–H groups in total. The normalized spacial score (nSPS) is 11.8. The summed E-state index contributed by atoms with van der Waals surface area (Å²) in [5, 5.41) is 14.4. The first-order valence-corrected chi connectivity index (χ1v) is 14.9. The van der Waals surface area contributed by atoms with Crippen molar-refractivity contribution in [1.82, 2.24) is 9.78 Å². The predicted molar refractivity (Wildman–Crippen MR) is 169 cm³/mol. The van der Waals surface area contributed by atoms with Gasteiger partial charge in [-0.15, -0.1) is 0 Å². The van der Waals surface area contributed by atoms with Crippen LogP contribution in [0.25, 0.3) is 22.0 Å². The van der Waals surface area contributed by atoms with E-state index in [1.54, 1.807) is 25.3 Å². The average molecular weight is 593 g/mol.